The Labute approximate surface area is 216 Å². The van der Waals surface area contributed by atoms with Crippen molar-refractivity contribution in [1.82, 2.24) is 25.1 Å². The summed E-state index contributed by atoms with van der Waals surface area (Å²) in [5.41, 5.74) is 5.43. The molecule has 0 unspecified atom stereocenters. The van der Waals surface area contributed by atoms with E-state index in [1.54, 1.807) is 12.3 Å². The third kappa shape index (κ3) is 6.39. The number of pyridine rings is 2. The molecular formula is C27H30N6O3S. The molecule has 0 saturated carbocycles. The van der Waals surface area contributed by atoms with Gasteiger partial charge in [0, 0.05) is 42.5 Å². The highest BCUT2D eigenvalue weighted by molar-refractivity contribution is 7.92. The number of likely N-dealkylation sites (tertiary alicyclic amines) is 1. The number of rotatable bonds is 10. The van der Waals surface area contributed by atoms with Gasteiger partial charge in [0.15, 0.2) is 5.78 Å². The van der Waals surface area contributed by atoms with Crippen molar-refractivity contribution in [2.75, 3.05) is 24.1 Å². The number of ketones is 1. The Hall–Kier alpha value is -3.63. The van der Waals surface area contributed by atoms with E-state index in [0.717, 1.165) is 53.5 Å². The fraction of sp³-hybridized carbons (Fsp3) is 0.333. The maximum atomic E-state index is 13.0. The second-order valence-electron chi connectivity index (χ2n) is 9.60. The third-order valence-electron chi connectivity index (χ3n) is 6.54. The number of anilines is 1. The molecule has 0 radical (unpaired) electrons. The molecule has 192 valence electrons. The first kappa shape index (κ1) is 25.0. The number of fused-ring (bicyclic) bond motifs is 1. The molecule has 9 nitrogen and oxygen atoms in total. The third-order valence-corrected chi connectivity index (χ3v) is 7.12. The van der Waals surface area contributed by atoms with E-state index in [1.165, 1.54) is 18.4 Å². The van der Waals surface area contributed by atoms with E-state index in [0.29, 0.717) is 25.0 Å². The molecule has 0 aliphatic carbocycles. The van der Waals surface area contributed by atoms with Crippen molar-refractivity contribution in [3.05, 3.63) is 71.8 Å². The molecule has 1 aliphatic rings. The zero-order valence-corrected chi connectivity index (χ0v) is 21.6. The van der Waals surface area contributed by atoms with E-state index in [1.807, 2.05) is 36.7 Å². The number of Topliss-reactive ketones (excluding diaryl/α,β-unsaturated/α-hetero) is 1. The quantitative estimate of drug-likeness (QED) is 0.302. The Balaban J connectivity index is 1.25. The van der Waals surface area contributed by atoms with Crippen LogP contribution in [0.2, 0.25) is 0 Å². The molecule has 4 heterocycles. The lowest BCUT2D eigenvalue weighted by molar-refractivity contribution is 0.0977. The summed E-state index contributed by atoms with van der Waals surface area (Å²) in [6.07, 6.45) is 10.6. The SMILES string of the molecule is CS(=O)(=O)Nc1ccc(CCCC(=O)c2n[nH]c3ccc(-c4cncc(CN5CCCC5)c4)cc23)cn1. The standard InChI is InChI=1S/C27H30N6O3S/c1-37(35,36)32-26-10-7-19(16-29-26)5-4-6-25(34)27-23-14-21(8-9-24(23)30-31-27)22-13-20(15-28-17-22)18-33-11-2-3-12-33/h7-10,13-17H,2-6,11-12,18H2,1H3,(H,29,32)(H,30,31). The van der Waals surface area contributed by atoms with E-state index >= 15 is 0 Å². The fourth-order valence-electron chi connectivity index (χ4n) is 4.73. The van der Waals surface area contributed by atoms with Crippen LogP contribution in [-0.4, -0.2) is 58.6 Å². The van der Waals surface area contributed by atoms with Crippen LogP contribution in [0.4, 0.5) is 5.82 Å². The van der Waals surface area contributed by atoms with Crippen LogP contribution in [0.25, 0.3) is 22.0 Å². The minimum atomic E-state index is -3.36. The first-order valence-corrected chi connectivity index (χ1v) is 14.3. The lowest BCUT2D eigenvalue weighted by atomic mass is 10.0. The van der Waals surface area contributed by atoms with Crippen LogP contribution in [-0.2, 0) is 23.0 Å². The molecule has 3 aromatic heterocycles. The number of sulfonamides is 1. The van der Waals surface area contributed by atoms with Crippen molar-refractivity contribution in [2.45, 2.75) is 38.6 Å². The van der Waals surface area contributed by atoms with Gasteiger partial charge in [-0.1, -0.05) is 12.1 Å². The number of carbonyl (C=O) groups is 1. The monoisotopic (exact) mass is 518 g/mol. The Morgan fingerprint density at radius 2 is 1.86 bits per heavy atom. The Morgan fingerprint density at radius 3 is 2.62 bits per heavy atom. The van der Waals surface area contributed by atoms with Crippen LogP contribution in [0.15, 0.2) is 55.0 Å². The predicted octanol–water partition coefficient (Wildman–Crippen LogP) is 4.19. The molecule has 10 heteroatoms. The lowest BCUT2D eigenvalue weighted by Crippen LogP contribution is -2.18. The summed E-state index contributed by atoms with van der Waals surface area (Å²) in [7, 11) is -3.36. The van der Waals surface area contributed by atoms with E-state index in [-0.39, 0.29) is 11.6 Å². The van der Waals surface area contributed by atoms with E-state index in [2.05, 4.69) is 35.9 Å². The largest absolute Gasteiger partial charge is 0.299 e. The summed E-state index contributed by atoms with van der Waals surface area (Å²) >= 11 is 0. The van der Waals surface area contributed by atoms with E-state index < -0.39 is 10.0 Å². The minimum Gasteiger partial charge on any atom is -0.299 e. The zero-order valence-electron chi connectivity index (χ0n) is 20.8. The van der Waals surface area contributed by atoms with Crippen molar-refractivity contribution in [1.29, 1.82) is 0 Å². The molecule has 4 aromatic rings. The molecule has 0 amide bonds. The summed E-state index contributed by atoms with van der Waals surface area (Å²) in [5, 5.41) is 8.10. The van der Waals surface area contributed by atoms with Crippen molar-refractivity contribution >= 4 is 32.5 Å². The Bertz CT molecular complexity index is 1510. The maximum Gasteiger partial charge on any atom is 0.230 e. The highest BCUT2D eigenvalue weighted by Crippen LogP contribution is 2.27. The summed E-state index contributed by atoms with van der Waals surface area (Å²) < 4.78 is 25.0. The molecule has 5 rings (SSSR count). The Kier molecular flexibility index (Phi) is 7.29. The minimum absolute atomic E-state index is 0.0207. The first-order valence-electron chi connectivity index (χ1n) is 12.4. The first-order chi connectivity index (χ1) is 17.8. The number of nitrogens with zero attached hydrogens (tertiary/aromatic N) is 4. The number of H-pyrrole nitrogens is 1. The van der Waals surface area contributed by atoms with Gasteiger partial charge in [0.2, 0.25) is 10.0 Å². The average molecular weight is 519 g/mol. The maximum absolute atomic E-state index is 13.0. The van der Waals surface area contributed by atoms with E-state index in [9.17, 15) is 13.2 Å². The highest BCUT2D eigenvalue weighted by Gasteiger charge is 2.16. The molecular weight excluding hydrogens is 488 g/mol. The van der Waals surface area contributed by atoms with Gasteiger partial charge in [-0.15, -0.1) is 0 Å². The number of aryl methyl sites for hydroxylation is 1. The van der Waals surface area contributed by atoms with Crippen LogP contribution in [0.3, 0.4) is 0 Å². The van der Waals surface area contributed by atoms with Crippen LogP contribution in [0, 0.1) is 0 Å². The van der Waals surface area contributed by atoms with Crippen molar-refractivity contribution in [3.63, 3.8) is 0 Å². The fourth-order valence-corrected chi connectivity index (χ4v) is 5.23. The van der Waals surface area contributed by atoms with Gasteiger partial charge in [-0.2, -0.15) is 5.10 Å². The number of hydrogen-bond acceptors (Lipinski definition) is 7. The number of aromatic amines is 1. The molecule has 1 saturated heterocycles. The van der Waals surface area contributed by atoms with Gasteiger partial charge in [-0.3, -0.25) is 24.5 Å². The van der Waals surface area contributed by atoms with Gasteiger partial charge >= 0.3 is 0 Å². The van der Waals surface area contributed by atoms with Gasteiger partial charge in [0.25, 0.3) is 0 Å². The van der Waals surface area contributed by atoms with Gasteiger partial charge in [-0.05, 0) is 79.7 Å². The second-order valence-corrected chi connectivity index (χ2v) is 11.3. The van der Waals surface area contributed by atoms with Gasteiger partial charge < -0.3 is 0 Å². The zero-order chi connectivity index (χ0) is 25.8. The van der Waals surface area contributed by atoms with Crippen LogP contribution in [0.1, 0.15) is 47.3 Å². The molecule has 0 atom stereocenters. The summed E-state index contributed by atoms with van der Waals surface area (Å²) in [6.45, 7) is 3.18. The highest BCUT2D eigenvalue weighted by atomic mass is 32.2. The summed E-state index contributed by atoms with van der Waals surface area (Å²) in [6, 6.07) is 11.6. The summed E-state index contributed by atoms with van der Waals surface area (Å²) in [4.78, 5) is 24.1. The predicted molar refractivity (Wildman–Crippen MR) is 144 cm³/mol. The second kappa shape index (κ2) is 10.8. The molecule has 37 heavy (non-hydrogen) atoms. The smallest absolute Gasteiger partial charge is 0.230 e. The van der Waals surface area contributed by atoms with Gasteiger partial charge in [-0.25, -0.2) is 13.4 Å². The van der Waals surface area contributed by atoms with Crippen LogP contribution in [0.5, 0.6) is 0 Å². The number of carbonyl (C=O) groups excluding carboxylic acids is 1. The van der Waals surface area contributed by atoms with Gasteiger partial charge in [0.05, 0.1) is 11.8 Å². The molecule has 1 fully saturated rings. The van der Waals surface area contributed by atoms with Gasteiger partial charge in [0.1, 0.15) is 11.5 Å². The van der Waals surface area contributed by atoms with Crippen LogP contribution >= 0.6 is 0 Å². The van der Waals surface area contributed by atoms with Crippen molar-refractivity contribution in [3.8, 4) is 11.1 Å². The van der Waals surface area contributed by atoms with Crippen molar-refractivity contribution in [2.24, 2.45) is 0 Å². The topological polar surface area (TPSA) is 121 Å². The normalized spacial score (nSPS) is 14.3. The number of aromatic nitrogens is 4. The Morgan fingerprint density at radius 1 is 1.03 bits per heavy atom. The molecule has 0 spiro atoms. The van der Waals surface area contributed by atoms with E-state index in [4.69, 9.17) is 0 Å². The molecule has 0 bridgehead atoms. The van der Waals surface area contributed by atoms with Crippen LogP contribution < -0.4 is 4.72 Å². The molecule has 1 aromatic carbocycles. The molecule has 1 aliphatic heterocycles. The lowest BCUT2D eigenvalue weighted by Gasteiger charge is -2.14. The number of hydrogen-bond donors (Lipinski definition) is 2. The average Bonchev–Trinajstić information content (AvgIpc) is 3.54. The van der Waals surface area contributed by atoms with Crippen molar-refractivity contribution < 1.29 is 13.2 Å². The number of nitrogens with one attached hydrogen (secondary N) is 2. The summed E-state index contributed by atoms with van der Waals surface area (Å²) in [5.74, 6) is 0.255. The molecule has 2 N–H and O–H groups in total. The number of benzene rings is 1.